The number of hydrogen-bond donors (Lipinski definition) is 0. The van der Waals surface area contributed by atoms with Crippen molar-refractivity contribution < 1.29 is 0 Å². The number of benzene rings is 2. The molecule has 0 N–H and O–H groups in total. The summed E-state index contributed by atoms with van der Waals surface area (Å²) < 4.78 is 2.72. The number of fused-ring (bicyclic) bond motifs is 3. The van der Waals surface area contributed by atoms with Crippen LogP contribution in [-0.4, -0.2) is 0 Å². The Hall–Kier alpha value is -1.86. The molecule has 3 aromatic rings. The van der Waals surface area contributed by atoms with E-state index in [9.17, 15) is 0 Å². The molecule has 0 bridgehead atoms. The van der Waals surface area contributed by atoms with Crippen molar-refractivity contribution in [3.63, 3.8) is 0 Å². The molecular weight excluding hydrogens is 284 g/mol. The second kappa shape index (κ2) is 6.10. The molecule has 112 valence electrons. The maximum atomic E-state index is 3.91. The third-order valence-corrected chi connectivity index (χ3v) is 5.53. The van der Waals surface area contributed by atoms with Crippen molar-refractivity contribution in [2.75, 3.05) is 0 Å². The van der Waals surface area contributed by atoms with Gasteiger partial charge in [-0.25, -0.2) is 0 Å². The first-order valence-corrected chi connectivity index (χ1v) is 8.68. The fourth-order valence-electron chi connectivity index (χ4n) is 2.75. The molecule has 1 heterocycles. The molecule has 1 heteroatoms. The Morgan fingerprint density at radius 1 is 1.05 bits per heavy atom. The molecule has 3 rings (SSSR count). The van der Waals surface area contributed by atoms with Gasteiger partial charge in [-0.05, 0) is 28.7 Å². The van der Waals surface area contributed by atoms with Gasteiger partial charge in [-0.15, -0.1) is 11.3 Å². The summed E-state index contributed by atoms with van der Waals surface area (Å²) in [6.07, 6.45) is 6.48. The van der Waals surface area contributed by atoms with Crippen LogP contribution in [0.5, 0.6) is 0 Å². The van der Waals surface area contributed by atoms with Crippen molar-refractivity contribution in [3.8, 4) is 0 Å². The molecule has 1 aromatic heterocycles. The minimum atomic E-state index is 0.566. The Morgan fingerprint density at radius 2 is 1.82 bits per heavy atom. The van der Waals surface area contributed by atoms with Crippen LogP contribution in [0.15, 0.2) is 49.1 Å². The highest BCUT2D eigenvalue weighted by molar-refractivity contribution is 7.17. The maximum Gasteiger partial charge on any atom is 0.0361 e. The zero-order chi connectivity index (χ0) is 15.7. The van der Waals surface area contributed by atoms with Gasteiger partial charge in [-0.2, -0.15) is 0 Å². The molecule has 0 saturated heterocycles. The van der Waals surface area contributed by atoms with Gasteiger partial charge in [-0.1, -0.05) is 75.9 Å². The molecule has 0 aliphatic carbocycles. The van der Waals surface area contributed by atoms with Gasteiger partial charge in [0.25, 0.3) is 0 Å². The van der Waals surface area contributed by atoms with Crippen LogP contribution < -0.4 is 9.75 Å². The summed E-state index contributed by atoms with van der Waals surface area (Å²) in [5, 5.41) is 5.32. The Kier molecular flexibility index (Phi) is 4.17. The van der Waals surface area contributed by atoms with E-state index >= 15 is 0 Å². The van der Waals surface area contributed by atoms with Gasteiger partial charge >= 0.3 is 0 Å². The summed E-state index contributed by atoms with van der Waals surface area (Å²) in [5.41, 5.74) is 0. The van der Waals surface area contributed by atoms with Crippen molar-refractivity contribution in [1.29, 1.82) is 0 Å². The van der Waals surface area contributed by atoms with E-state index < -0.39 is 0 Å². The van der Waals surface area contributed by atoms with Crippen molar-refractivity contribution in [1.82, 2.24) is 0 Å². The van der Waals surface area contributed by atoms with E-state index in [1.54, 1.807) is 0 Å². The molecular formula is C21H22S. The summed E-state index contributed by atoms with van der Waals surface area (Å²) in [5.74, 6) is 1.22. The van der Waals surface area contributed by atoms with E-state index in [0.717, 1.165) is 0 Å². The molecule has 0 spiro atoms. The average Bonchev–Trinajstić information content (AvgIpc) is 2.85. The summed E-state index contributed by atoms with van der Waals surface area (Å²) in [7, 11) is 0. The van der Waals surface area contributed by atoms with Gasteiger partial charge < -0.3 is 0 Å². The van der Waals surface area contributed by atoms with Gasteiger partial charge in [0, 0.05) is 19.8 Å². The topological polar surface area (TPSA) is 0 Å². The minimum absolute atomic E-state index is 0.566. The zero-order valence-corrected chi connectivity index (χ0v) is 14.3. The van der Waals surface area contributed by atoms with E-state index in [4.69, 9.17) is 0 Å². The van der Waals surface area contributed by atoms with Crippen molar-refractivity contribution >= 4 is 44.3 Å². The normalized spacial score (nSPS) is 15.1. The molecule has 0 amide bonds. The van der Waals surface area contributed by atoms with Crippen LogP contribution in [0.1, 0.15) is 20.8 Å². The second-order valence-electron chi connectivity index (χ2n) is 6.21. The highest BCUT2D eigenvalue weighted by Crippen LogP contribution is 2.24. The standard InChI is InChI=1S/C21H22S/c1-5-8-18-20(13-15(4)14(2)3)22-19-12-11-16-9-6-7-10-17(16)21(18)19/h5-15H,1H2,2-4H3/b18-8+,20-13+. The fourth-order valence-corrected chi connectivity index (χ4v) is 4.01. The molecule has 1 unspecified atom stereocenters. The summed E-state index contributed by atoms with van der Waals surface area (Å²) in [6, 6.07) is 13.1. The smallest absolute Gasteiger partial charge is 0.0361 e. The van der Waals surface area contributed by atoms with Crippen LogP contribution in [0, 0.1) is 11.8 Å². The summed E-state index contributed by atoms with van der Waals surface area (Å²) in [6.45, 7) is 10.8. The first kappa shape index (κ1) is 15.1. The van der Waals surface area contributed by atoms with Gasteiger partial charge in [0.1, 0.15) is 0 Å². The van der Waals surface area contributed by atoms with Crippen molar-refractivity contribution in [2.24, 2.45) is 11.8 Å². The third kappa shape index (κ3) is 2.62. The van der Waals surface area contributed by atoms with Crippen LogP contribution in [0.25, 0.3) is 33.0 Å². The zero-order valence-electron chi connectivity index (χ0n) is 13.5. The highest BCUT2D eigenvalue weighted by atomic mass is 32.1. The Morgan fingerprint density at radius 3 is 2.55 bits per heavy atom. The van der Waals surface area contributed by atoms with E-state index in [-0.39, 0.29) is 0 Å². The molecule has 0 saturated carbocycles. The number of hydrogen-bond acceptors (Lipinski definition) is 1. The lowest BCUT2D eigenvalue weighted by Crippen LogP contribution is -2.20. The van der Waals surface area contributed by atoms with Crippen LogP contribution in [0.2, 0.25) is 0 Å². The SMILES string of the molecule is C=C/C=c1\c(=C/C(C)C(C)C)sc2ccc3ccccc3c12. The quantitative estimate of drug-likeness (QED) is 0.632. The van der Waals surface area contributed by atoms with Crippen LogP contribution in [0.3, 0.4) is 0 Å². The first-order valence-electron chi connectivity index (χ1n) is 7.86. The lowest BCUT2D eigenvalue weighted by molar-refractivity contribution is 0.528. The molecule has 0 aliphatic heterocycles. The minimum Gasteiger partial charge on any atom is -0.135 e. The Labute approximate surface area is 136 Å². The molecule has 2 aromatic carbocycles. The van der Waals surface area contributed by atoms with Gasteiger partial charge in [0.05, 0.1) is 0 Å². The predicted molar refractivity (Wildman–Crippen MR) is 102 cm³/mol. The van der Waals surface area contributed by atoms with Crippen molar-refractivity contribution in [2.45, 2.75) is 20.8 Å². The van der Waals surface area contributed by atoms with E-state index in [1.165, 1.54) is 30.6 Å². The lowest BCUT2D eigenvalue weighted by Gasteiger charge is -2.08. The van der Waals surface area contributed by atoms with E-state index in [0.29, 0.717) is 11.8 Å². The molecule has 0 nitrogen and oxygen atoms in total. The van der Waals surface area contributed by atoms with Gasteiger partial charge in [0.2, 0.25) is 0 Å². The maximum absolute atomic E-state index is 3.91. The lowest BCUT2D eigenvalue weighted by atomic mass is 9.97. The summed E-state index contributed by atoms with van der Waals surface area (Å²) in [4.78, 5) is 0. The van der Waals surface area contributed by atoms with Gasteiger partial charge in [-0.3, -0.25) is 0 Å². The second-order valence-corrected chi connectivity index (χ2v) is 7.30. The van der Waals surface area contributed by atoms with Crippen LogP contribution >= 0.6 is 11.3 Å². The Bertz CT molecular complexity index is 941. The van der Waals surface area contributed by atoms with Gasteiger partial charge in [0.15, 0.2) is 0 Å². The van der Waals surface area contributed by atoms with E-state index in [1.807, 2.05) is 17.4 Å². The van der Waals surface area contributed by atoms with Crippen LogP contribution in [-0.2, 0) is 0 Å². The number of rotatable bonds is 3. The highest BCUT2D eigenvalue weighted by Gasteiger charge is 2.08. The molecule has 0 aliphatic rings. The third-order valence-electron chi connectivity index (χ3n) is 4.40. The average molecular weight is 306 g/mol. The summed E-state index contributed by atoms with van der Waals surface area (Å²) >= 11 is 1.89. The first-order chi connectivity index (χ1) is 10.6. The molecule has 0 radical (unpaired) electrons. The molecule has 1 atom stereocenters. The van der Waals surface area contributed by atoms with E-state index in [2.05, 4.69) is 75.9 Å². The number of thiophene rings is 1. The fraction of sp³-hybridized carbons (Fsp3) is 0.238. The number of allylic oxidation sites excluding steroid dienone is 1. The monoisotopic (exact) mass is 306 g/mol. The predicted octanol–water partition coefficient (Wildman–Crippen LogP) is 5.09. The van der Waals surface area contributed by atoms with Crippen LogP contribution in [0.4, 0.5) is 0 Å². The molecule has 0 fully saturated rings. The largest absolute Gasteiger partial charge is 0.135 e. The Balaban J connectivity index is 2.46. The molecule has 22 heavy (non-hydrogen) atoms. The van der Waals surface area contributed by atoms with Crippen molar-refractivity contribution in [3.05, 3.63) is 58.8 Å².